The number of hydrogen-bond donors (Lipinski definition) is 1. The zero-order valence-electron chi connectivity index (χ0n) is 18.9. The minimum Gasteiger partial charge on any atom is -0.378 e. The second-order valence-corrected chi connectivity index (χ2v) is 8.47. The average Bonchev–Trinajstić information content (AvgIpc) is 2.80. The molecule has 4 nitrogen and oxygen atoms in total. The fourth-order valence-corrected chi connectivity index (χ4v) is 4.19. The topological polar surface area (TPSA) is 35.6 Å². The third-order valence-corrected chi connectivity index (χ3v) is 5.92. The first-order valence-electron chi connectivity index (χ1n) is 11.1. The predicted molar refractivity (Wildman–Crippen MR) is 137 cm³/mol. The number of piperidine rings is 1. The van der Waals surface area contributed by atoms with Crippen LogP contribution in [0.2, 0.25) is 0 Å². The third-order valence-electron chi connectivity index (χ3n) is 5.92. The van der Waals surface area contributed by atoms with Crippen LogP contribution < -0.4 is 10.2 Å². The molecular weight excluding hydrogens is 418 g/mol. The lowest BCUT2D eigenvalue weighted by Crippen LogP contribution is -2.29. The van der Waals surface area contributed by atoms with Gasteiger partial charge in [0, 0.05) is 37.6 Å². The van der Waals surface area contributed by atoms with E-state index in [2.05, 4.69) is 46.6 Å². The molecule has 3 aromatic rings. The van der Waals surface area contributed by atoms with Crippen molar-refractivity contribution in [1.29, 1.82) is 0 Å². The number of amides is 1. The summed E-state index contributed by atoms with van der Waals surface area (Å²) in [5.41, 5.74) is 6.17. The summed E-state index contributed by atoms with van der Waals surface area (Å²) in [5, 5.41) is 3.06. The first-order valence-corrected chi connectivity index (χ1v) is 11.1. The molecule has 1 fully saturated rings. The maximum absolute atomic E-state index is 13.0. The van der Waals surface area contributed by atoms with Crippen molar-refractivity contribution in [2.75, 3.05) is 37.4 Å². The molecule has 1 aliphatic rings. The van der Waals surface area contributed by atoms with Gasteiger partial charge in [-0.05, 0) is 73.0 Å². The van der Waals surface area contributed by atoms with Crippen molar-refractivity contribution in [3.63, 3.8) is 0 Å². The van der Waals surface area contributed by atoms with Crippen molar-refractivity contribution in [3.8, 4) is 11.1 Å². The Morgan fingerprint density at radius 3 is 2.38 bits per heavy atom. The fourth-order valence-electron chi connectivity index (χ4n) is 4.19. The second-order valence-electron chi connectivity index (χ2n) is 8.47. The van der Waals surface area contributed by atoms with E-state index in [4.69, 9.17) is 0 Å². The van der Waals surface area contributed by atoms with Gasteiger partial charge >= 0.3 is 0 Å². The minimum atomic E-state index is -0.0737. The van der Waals surface area contributed by atoms with Crippen molar-refractivity contribution >= 4 is 29.7 Å². The van der Waals surface area contributed by atoms with Gasteiger partial charge in [0.2, 0.25) is 0 Å². The van der Waals surface area contributed by atoms with Crippen molar-refractivity contribution < 1.29 is 4.79 Å². The van der Waals surface area contributed by atoms with Crippen molar-refractivity contribution in [3.05, 3.63) is 83.9 Å². The highest BCUT2D eigenvalue weighted by atomic mass is 35.5. The number of carbonyl (C=O) groups is 1. The van der Waals surface area contributed by atoms with Crippen LogP contribution in [0, 0.1) is 0 Å². The smallest absolute Gasteiger partial charge is 0.255 e. The van der Waals surface area contributed by atoms with Gasteiger partial charge in [-0.3, -0.25) is 9.69 Å². The van der Waals surface area contributed by atoms with Gasteiger partial charge in [-0.2, -0.15) is 0 Å². The van der Waals surface area contributed by atoms with Gasteiger partial charge in [0.1, 0.15) is 0 Å². The third kappa shape index (κ3) is 5.90. The standard InChI is InChI=1S/C27H31N3O.ClH/c1-29(2)25-13-9-12-24(19-25)28-27(31)22-14-15-26(21-10-5-3-6-11-21)23(18-22)20-30-16-7-4-8-17-30;/h3,5-6,9-15,18-19H,4,7-8,16-17,20H2,1-2H3,(H,28,31);1H. The van der Waals surface area contributed by atoms with E-state index in [9.17, 15) is 4.79 Å². The predicted octanol–water partition coefficient (Wildman–Crippen LogP) is 6.08. The molecule has 0 unspecified atom stereocenters. The highest BCUT2D eigenvalue weighted by Gasteiger charge is 2.16. The average molecular weight is 450 g/mol. The van der Waals surface area contributed by atoms with Gasteiger partial charge in [0.25, 0.3) is 5.91 Å². The van der Waals surface area contributed by atoms with E-state index in [1.807, 2.05) is 55.4 Å². The maximum atomic E-state index is 13.0. The molecule has 0 aromatic heterocycles. The van der Waals surface area contributed by atoms with Gasteiger partial charge in [0.15, 0.2) is 0 Å². The number of nitrogens with zero attached hydrogens (tertiary/aromatic N) is 2. The number of likely N-dealkylation sites (tertiary alicyclic amines) is 1. The summed E-state index contributed by atoms with van der Waals surface area (Å²) in [6, 6.07) is 24.5. The van der Waals surface area contributed by atoms with Crippen molar-refractivity contribution in [2.24, 2.45) is 0 Å². The van der Waals surface area contributed by atoms with E-state index in [0.29, 0.717) is 5.56 Å². The molecule has 168 valence electrons. The molecule has 0 saturated carbocycles. The summed E-state index contributed by atoms with van der Waals surface area (Å²) in [7, 11) is 3.99. The van der Waals surface area contributed by atoms with E-state index in [-0.39, 0.29) is 18.3 Å². The van der Waals surface area contributed by atoms with E-state index in [0.717, 1.165) is 31.0 Å². The van der Waals surface area contributed by atoms with Gasteiger partial charge < -0.3 is 10.2 Å². The molecule has 32 heavy (non-hydrogen) atoms. The Labute approximate surface area is 197 Å². The number of nitrogens with one attached hydrogen (secondary N) is 1. The lowest BCUT2D eigenvalue weighted by atomic mass is 9.96. The number of hydrogen-bond acceptors (Lipinski definition) is 3. The summed E-state index contributed by atoms with van der Waals surface area (Å²) in [4.78, 5) is 17.6. The summed E-state index contributed by atoms with van der Waals surface area (Å²) < 4.78 is 0. The lowest BCUT2D eigenvalue weighted by Gasteiger charge is -2.27. The Bertz CT molecular complexity index is 1030. The highest BCUT2D eigenvalue weighted by molar-refractivity contribution is 6.05. The molecule has 0 spiro atoms. The van der Waals surface area contributed by atoms with Gasteiger partial charge in [-0.1, -0.05) is 48.9 Å². The summed E-state index contributed by atoms with van der Waals surface area (Å²) >= 11 is 0. The summed E-state index contributed by atoms with van der Waals surface area (Å²) in [6.07, 6.45) is 3.82. The summed E-state index contributed by atoms with van der Waals surface area (Å²) in [6.45, 7) is 3.13. The molecule has 1 heterocycles. The SMILES string of the molecule is CN(C)c1cccc(NC(=O)c2ccc(-c3ccccc3)c(CN3CCCCC3)c2)c1.Cl. The molecule has 5 heteroatoms. The van der Waals surface area contributed by atoms with Gasteiger partial charge in [0.05, 0.1) is 0 Å². The number of rotatable bonds is 6. The van der Waals surface area contributed by atoms with Crippen LogP contribution in [0.4, 0.5) is 11.4 Å². The molecule has 0 atom stereocenters. The van der Waals surface area contributed by atoms with Crippen LogP contribution in [-0.2, 0) is 6.54 Å². The molecule has 0 bridgehead atoms. The number of carbonyl (C=O) groups excluding carboxylic acids is 1. The quantitative estimate of drug-likeness (QED) is 0.495. The Morgan fingerprint density at radius 2 is 1.66 bits per heavy atom. The number of benzene rings is 3. The minimum absolute atomic E-state index is 0. The van der Waals surface area contributed by atoms with E-state index < -0.39 is 0 Å². The van der Waals surface area contributed by atoms with Gasteiger partial charge in [-0.15, -0.1) is 12.4 Å². The second kappa shape index (κ2) is 11.2. The van der Waals surface area contributed by atoms with Gasteiger partial charge in [-0.25, -0.2) is 0 Å². The van der Waals surface area contributed by atoms with Crippen molar-refractivity contribution in [2.45, 2.75) is 25.8 Å². The zero-order chi connectivity index (χ0) is 21.6. The molecule has 1 aliphatic heterocycles. The summed E-state index contributed by atoms with van der Waals surface area (Å²) in [5.74, 6) is -0.0737. The Morgan fingerprint density at radius 1 is 0.906 bits per heavy atom. The molecule has 4 rings (SSSR count). The van der Waals surface area contributed by atoms with Crippen LogP contribution >= 0.6 is 12.4 Å². The van der Waals surface area contributed by atoms with E-state index in [1.54, 1.807) is 0 Å². The fraction of sp³-hybridized carbons (Fsp3) is 0.296. The Balaban J connectivity index is 0.00000289. The molecular formula is C27H32ClN3O. The van der Waals surface area contributed by atoms with E-state index in [1.165, 1.54) is 36.0 Å². The first kappa shape index (κ1) is 23.8. The van der Waals surface area contributed by atoms with E-state index >= 15 is 0 Å². The first-order chi connectivity index (χ1) is 15.1. The van der Waals surface area contributed by atoms with Crippen LogP contribution in [0.25, 0.3) is 11.1 Å². The number of halogens is 1. The lowest BCUT2D eigenvalue weighted by molar-refractivity contribution is 0.102. The molecule has 0 radical (unpaired) electrons. The van der Waals surface area contributed by atoms with Crippen LogP contribution in [-0.4, -0.2) is 38.0 Å². The molecule has 1 N–H and O–H groups in total. The largest absolute Gasteiger partial charge is 0.378 e. The molecule has 3 aromatic carbocycles. The molecule has 1 amide bonds. The van der Waals surface area contributed by atoms with Crippen LogP contribution in [0.5, 0.6) is 0 Å². The van der Waals surface area contributed by atoms with Crippen LogP contribution in [0.3, 0.4) is 0 Å². The zero-order valence-corrected chi connectivity index (χ0v) is 19.7. The normalized spacial score (nSPS) is 13.8. The molecule has 1 saturated heterocycles. The van der Waals surface area contributed by atoms with Crippen molar-refractivity contribution in [1.82, 2.24) is 4.90 Å². The van der Waals surface area contributed by atoms with Crippen LogP contribution in [0.15, 0.2) is 72.8 Å². The monoisotopic (exact) mass is 449 g/mol. The van der Waals surface area contributed by atoms with Crippen LogP contribution in [0.1, 0.15) is 35.2 Å². The number of anilines is 2. The molecule has 0 aliphatic carbocycles. The maximum Gasteiger partial charge on any atom is 0.255 e. The Kier molecular flexibility index (Phi) is 8.32. The highest BCUT2D eigenvalue weighted by Crippen LogP contribution is 2.27. The Hall–Kier alpha value is -2.82.